The van der Waals surface area contributed by atoms with E-state index >= 15 is 0 Å². The zero-order valence-corrected chi connectivity index (χ0v) is 9.01. The van der Waals surface area contributed by atoms with Gasteiger partial charge in [0.2, 0.25) is 0 Å². The molecule has 1 aliphatic heterocycles. The van der Waals surface area contributed by atoms with Crippen LogP contribution in [-0.2, 0) is 4.74 Å². The molecule has 1 aliphatic rings. The van der Waals surface area contributed by atoms with Crippen molar-refractivity contribution < 1.29 is 4.74 Å². The maximum Gasteiger partial charge on any atom is 0.188 e. The summed E-state index contributed by atoms with van der Waals surface area (Å²) >= 11 is 1.87. The van der Waals surface area contributed by atoms with Gasteiger partial charge >= 0.3 is 0 Å². The topological polar surface area (TPSA) is 21.6 Å². The van der Waals surface area contributed by atoms with E-state index < -0.39 is 0 Å². The number of hydrogen-bond donors (Lipinski definition) is 0. The first-order chi connectivity index (χ1) is 6.90. The molecule has 0 bridgehead atoms. The second-order valence-corrected chi connectivity index (χ2v) is 4.27. The molecule has 0 aromatic heterocycles. The molecule has 0 fully saturated rings. The highest BCUT2D eigenvalue weighted by molar-refractivity contribution is 7.99. The number of rotatable bonds is 0. The number of aliphatic imine (C=N–C) groups is 1. The van der Waals surface area contributed by atoms with Crippen molar-refractivity contribution in [3.63, 3.8) is 0 Å². The number of thioether (sulfide) groups is 1. The van der Waals surface area contributed by atoms with Crippen LogP contribution in [-0.4, -0.2) is 18.8 Å². The minimum atomic E-state index is 0.845. The van der Waals surface area contributed by atoms with Gasteiger partial charge < -0.3 is 4.74 Å². The highest BCUT2D eigenvalue weighted by Crippen LogP contribution is 2.32. The van der Waals surface area contributed by atoms with E-state index in [2.05, 4.69) is 17.1 Å². The van der Waals surface area contributed by atoms with Crippen molar-refractivity contribution in [3.8, 4) is 0 Å². The van der Waals surface area contributed by atoms with E-state index in [1.165, 1.54) is 4.90 Å². The molecule has 0 radical (unpaired) electrons. The molecular weight excluding hydrogens is 194 g/mol. The largest absolute Gasteiger partial charge is 0.484 e. The third kappa shape index (κ3) is 2.10. The summed E-state index contributed by atoms with van der Waals surface area (Å²) in [6.45, 7) is 0. The lowest BCUT2D eigenvalue weighted by Gasteiger charge is -2.11. The first-order valence-corrected chi connectivity index (χ1v) is 5.72. The van der Waals surface area contributed by atoms with Crippen LogP contribution in [0.15, 0.2) is 34.2 Å². The van der Waals surface area contributed by atoms with Gasteiger partial charge in [0.1, 0.15) is 0 Å². The zero-order valence-electron chi connectivity index (χ0n) is 8.19. The number of benzene rings is 1. The van der Waals surface area contributed by atoms with Crippen LogP contribution in [0.5, 0.6) is 0 Å². The number of nitrogens with zero attached hydrogens (tertiary/aromatic N) is 1. The molecule has 14 heavy (non-hydrogen) atoms. The van der Waals surface area contributed by atoms with Crippen LogP contribution < -0.4 is 0 Å². The van der Waals surface area contributed by atoms with Crippen molar-refractivity contribution in [3.05, 3.63) is 24.3 Å². The first-order valence-electron chi connectivity index (χ1n) is 4.73. The van der Waals surface area contributed by atoms with Crippen LogP contribution in [0.25, 0.3) is 0 Å². The second kappa shape index (κ2) is 4.51. The standard InChI is InChI=1S/C11H13NOS/c1-13-11-7-4-8-14-10-6-3-2-5-9(10)12-11/h2-3,5-6H,4,7-8H2,1H3/b12-11+. The maximum absolute atomic E-state index is 5.22. The van der Waals surface area contributed by atoms with E-state index in [0.29, 0.717) is 0 Å². The van der Waals surface area contributed by atoms with Crippen LogP contribution in [0.4, 0.5) is 5.69 Å². The summed E-state index contributed by atoms with van der Waals surface area (Å²) in [4.78, 5) is 5.74. The summed E-state index contributed by atoms with van der Waals surface area (Å²) < 4.78 is 5.22. The van der Waals surface area contributed by atoms with Crippen LogP contribution in [0.3, 0.4) is 0 Å². The fourth-order valence-electron chi connectivity index (χ4n) is 1.42. The third-order valence-corrected chi connectivity index (χ3v) is 3.29. The molecule has 1 aromatic carbocycles. The Labute approximate surface area is 88.4 Å². The predicted molar refractivity (Wildman–Crippen MR) is 60.5 cm³/mol. The molecule has 0 saturated carbocycles. The summed E-state index contributed by atoms with van der Waals surface area (Å²) in [6, 6.07) is 8.21. The van der Waals surface area contributed by atoms with Gasteiger partial charge in [0.25, 0.3) is 0 Å². The summed E-state index contributed by atoms with van der Waals surface area (Å²) in [7, 11) is 1.69. The lowest BCUT2D eigenvalue weighted by Crippen LogP contribution is -2.03. The van der Waals surface area contributed by atoms with E-state index in [-0.39, 0.29) is 0 Å². The van der Waals surface area contributed by atoms with E-state index in [4.69, 9.17) is 4.74 Å². The van der Waals surface area contributed by atoms with E-state index in [9.17, 15) is 0 Å². The van der Waals surface area contributed by atoms with E-state index in [0.717, 1.165) is 30.2 Å². The highest BCUT2D eigenvalue weighted by atomic mass is 32.2. The molecule has 0 aliphatic carbocycles. The fraction of sp³-hybridized carbons (Fsp3) is 0.364. The number of hydrogen-bond acceptors (Lipinski definition) is 3. The van der Waals surface area contributed by atoms with Crippen molar-refractivity contribution in [2.24, 2.45) is 4.99 Å². The molecule has 0 unspecified atom stereocenters. The van der Waals surface area contributed by atoms with Gasteiger partial charge in [0.15, 0.2) is 5.90 Å². The van der Waals surface area contributed by atoms with Gasteiger partial charge in [-0.3, -0.25) is 0 Å². The summed E-state index contributed by atoms with van der Waals surface area (Å²) in [6.07, 6.45) is 2.07. The molecule has 0 spiro atoms. The normalized spacial score (nSPS) is 19.9. The van der Waals surface area contributed by atoms with Gasteiger partial charge in [-0.2, -0.15) is 0 Å². The monoisotopic (exact) mass is 207 g/mol. The quantitative estimate of drug-likeness (QED) is 0.651. The molecule has 0 saturated heterocycles. The second-order valence-electron chi connectivity index (χ2n) is 3.13. The lowest BCUT2D eigenvalue weighted by molar-refractivity contribution is 0.389. The summed E-state index contributed by atoms with van der Waals surface area (Å²) in [5.74, 6) is 1.98. The fourth-order valence-corrected chi connectivity index (χ4v) is 2.36. The smallest absolute Gasteiger partial charge is 0.188 e. The molecular formula is C11H13NOS. The van der Waals surface area contributed by atoms with Crippen LogP contribution in [0.1, 0.15) is 12.8 Å². The Morgan fingerprint density at radius 2 is 2.21 bits per heavy atom. The maximum atomic E-state index is 5.22. The Morgan fingerprint density at radius 3 is 3.07 bits per heavy atom. The van der Waals surface area contributed by atoms with Gasteiger partial charge in [-0.15, -0.1) is 11.8 Å². The van der Waals surface area contributed by atoms with Crippen molar-refractivity contribution in [2.75, 3.05) is 12.9 Å². The minimum Gasteiger partial charge on any atom is -0.484 e. The van der Waals surface area contributed by atoms with Crippen LogP contribution in [0, 0.1) is 0 Å². The molecule has 2 rings (SSSR count). The average Bonchev–Trinajstić information content (AvgIpc) is 2.19. The van der Waals surface area contributed by atoms with Gasteiger partial charge in [-0.1, -0.05) is 12.1 Å². The van der Waals surface area contributed by atoms with Gasteiger partial charge in [0.05, 0.1) is 12.8 Å². The molecule has 0 N–H and O–H groups in total. The molecule has 2 nitrogen and oxygen atoms in total. The predicted octanol–water partition coefficient (Wildman–Crippen LogP) is 3.25. The van der Waals surface area contributed by atoms with Gasteiger partial charge in [-0.25, -0.2) is 4.99 Å². The zero-order chi connectivity index (χ0) is 9.80. The molecule has 0 amide bonds. The third-order valence-electron chi connectivity index (χ3n) is 2.14. The Morgan fingerprint density at radius 1 is 1.36 bits per heavy atom. The number of methoxy groups -OCH3 is 1. The number of ether oxygens (including phenoxy) is 1. The van der Waals surface area contributed by atoms with Crippen molar-refractivity contribution in [2.45, 2.75) is 17.7 Å². The molecule has 74 valence electrons. The molecule has 3 heteroatoms. The van der Waals surface area contributed by atoms with E-state index in [1.54, 1.807) is 7.11 Å². The average molecular weight is 207 g/mol. The number of para-hydroxylation sites is 1. The van der Waals surface area contributed by atoms with Crippen molar-refractivity contribution in [1.29, 1.82) is 0 Å². The number of fused-ring (bicyclic) bond motifs is 1. The Kier molecular flexibility index (Phi) is 3.09. The molecule has 1 heterocycles. The minimum absolute atomic E-state index is 0.845. The Balaban J connectivity index is 2.38. The van der Waals surface area contributed by atoms with Crippen LogP contribution in [0.2, 0.25) is 0 Å². The van der Waals surface area contributed by atoms with Crippen LogP contribution >= 0.6 is 11.8 Å². The molecule has 0 atom stereocenters. The lowest BCUT2D eigenvalue weighted by atomic mass is 10.3. The first kappa shape index (κ1) is 9.59. The van der Waals surface area contributed by atoms with Crippen molar-refractivity contribution in [1.82, 2.24) is 0 Å². The SMILES string of the molecule is CO/C1=N/c2ccccc2SCCC1. The van der Waals surface area contributed by atoms with Crippen molar-refractivity contribution >= 4 is 23.3 Å². The van der Waals surface area contributed by atoms with Gasteiger partial charge in [0, 0.05) is 11.3 Å². The molecule has 1 aromatic rings. The Bertz CT molecular complexity index is 349. The summed E-state index contributed by atoms with van der Waals surface area (Å²) in [5, 5.41) is 0. The van der Waals surface area contributed by atoms with E-state index in [1.807, 2.05) is 23.9 Å². The Hall–Kier alpha value is -0.960. The summed E-state index contributed by atoms with van der Waals surface area (Å²) in [5.41, 5.74) is 1.04. The highest BCUT2D eigenvalue weighted by Gasteiger charge is 2.08. The van der Waals surface area contributed by atoms with Gasteiger partial charge in [-0.05, 0) is 24.3 Å².